The first-order chi connectivity index (χ1) is 8.70. The molecule has 1 aromatic carbocycles. The number of amides is 1. The standard InChI is InChI=1S/C14H19FN2O/c15-13-6-9-17(10-7-13)14(18)12-3-1-11(2-4-12)5-8-16/h1-4,13H,5-10,16H2. The fourth-order valence-electron chi connectivity index (χ4n) is 2.21. The maximum Gasteiger partial charge on any atom is 0.253 e. The van der Waals surface area contributed by atoms with E-state index in [1.807, 2.05) is 24.3 Å². The highest BCUT2D eigenvalue weighted by molar-refractivity contribution is 5.94. The Labute approximate surface area is 107 Å². The number of carbonyl (C=O) groups is 1. The molecule has 2 rings (SSSR count). The molecule has 1 amide bonds. The van der Waals surface area contributed by atoms with E-state index in [0.717, 1.165) is 12.0 Å². The van der Waals surface area contributed by atoms with E-state index >= 15 is 0 Å². The fourth-order valence-corrected chi connectivity index (χ4v) is 2.21. The van der Waals surface area contributed by atoms with Gasteiger partial charge < -0.3 is 10.6 Å². The Bertz CT molecular complexity index is 397. The number of nitrogens with zero attached hydrogens (tertiary/aromatic N) is 1. The lowest BCUT2D eigenvalue weighted by Gasteiger charge is -2.28. The Hall–Kier alpha value is -1.42. The van der Waals surface area contributed by atoms with Gasteiger partial charge in [-0.3, -0.25) is 4.79 Å². The van der Waals surface area contributed by atoms with Gasteiger partial charge in [0.25, 0.3) is 5.91 Å². The zero-order valence-electron chi connectivity index (χ0n) is 10.4. The van der Waals surface area contributed by atoms with Crippen molar-refractivity contribution in [2.45, 2.75) is 25.4 Å². The molecule has 1 aliphatic rings. The number of piperidine rings is 1. The molecule has 1 saturated heterocycles. The summed E-state index contributed by atoms with van der Waals surface area (Å²) in [5.74, 6) is 0.00111. The van der Waals surface area contributed by atoms with E-state index in [2.05, 4.69) is 0 Å². The van der Waals surface area contributed by atoms with Gasteiger partial charge in [0.1, 0.15) is 6.17 Å². The molecule has 98 valence electrons. The first kappa shape index (κ1) is 13.0. The van der Waals surface area contributed by atoms with Crippen LogP contribution in [-0.2, 0) is 6.42 Å². The molecule has 0 bridgehead atoms. The van der Waals surface area contributed by atoms with E-state index in [4.69, 9.17) is 5.73 Å². The molecule has 18 heavy (non-hydrogen) atoms. The van der Waals surface area contributed by atoms with Gasteiger partial charge in [-0.25, -0.2) is 4.39 Å². The lowest BCUT2D eigenvalue weighted by atomic mass is 10.1. The van der Waals surface area contributed by atoms with Crippen LogP contribution in [0.15, 0.2) is 24.3 Å². The van der Waals surface area contributed by atoms with Gasteiger partial charge in [0, 0.05) is 18.7 Å². The molecule has 1 fully saturated rings. The van der Waals surface area contributed by atoms with Gasteiger partial charge in [-0.15, -0.1) is 0 Å². The van der Waals surface area contributed by atoms with Crippen LogP contribution in [0.25, 0.3) is 0 Å². The Morgan fingerprint density at radius 1 is 1.28 bits per heavy atom. The number of carbonyl (C=O) groups excluding carboxylic acids is 1. The van der Waals surface area contributed by atoms with Crippen LogP contribution in [0.3, 0.4) is 0 Å². The van der Waals surface area contributed by atoms with Gasteiger partial charge in [0.15, 0.2) is 0 Å². The predicted molar refractivity (Wildman–Crippen MR) is 69.2 cm³/mol. The molecule has 0 saturated carbocycles. The van der Waals surface area contributed by atoms with Crippen LogP contribution in [0.4, 0.5) is 4.39 Å². The first-order valence-electron chi connectivity index (χ1n) is 6.43. The smallest absolute Gasteiger partial charge is 0.253 e. The second-order valence-electron chi connectivity index (χ2n) is 4.70. The van der Waals surface area contributed by atoms with E-state index < -0.39 is 6.17 Å². The summed E-state index contributed by atoms with van der Waals surface area (Å²) < 4.78 is 13.0. The number of alkyl halides is 1. The summed E-state index contributed by atoms with van der Waals surface area (Å²) in [4.78, 5) is 13.9. The lowest BCUT2D eigenvalue weighted by molar-refractivity contribution is 0.0667. The van der Waals surface area contributed by atoms with E-state index in [9.17, 15) is 9.18 Å². The monoisotopic (exact) mass is 250 g/mol. The second kappa shape index (κ2) is 5.96. The van der Waals surface area contributed by atoms with Crippen molar-refractivity contribution in [3.63, 3.8) is 0 Å². The van der Waals surface area contributed by atoms with E-state index in [-0.39, 0.29) is 5.91 Å². The first-order valence-corrected chi connectivity index (χ1v) is 6.43. The third-order valence-corrected chi connectivity index (χ3v) is 3.35. The molecule has 3 nitrogen and oxygen atoms in total. The summed E-state index contributed by atoms with van der Waals surface area (Å²) >= 11 is 0. The Morgan fingerprint density at radius 3 is 2.44 bits per heavy atom. The number of halogens is 1. The zero-order valence-corrected chi connectivity index (χ0v) is 10.4. The molecule has 0 aliphatic carbocycles. The van der Waals surface area contributed by atoms with Crippen molar-refractivity contribution in [3.05, 3.63) is 35.4 Å². The summed E-state index contributed by atoms with van der Waals surface area (Å²) in [6.45, 7) is 1.65. The number of nitrogens with two attached hydrogens (primary N) is 1. The summed E-state index contributed by atoms with van der Waals surface area (Å²) in [5, 5.41) is 0. The van der Waals surface area contributed by atoms with Crippen LogP contribution < -0.4 is 5.73 Å². The molecule has 0 atom stereocenters. The largest absolute Gasteiger partial charge is 0.338 e. The van der Waals surface area contributed by atoms with Crippen molar-refractivity contribution in [1.29, 1.82) is 0 Å². The maximum atomic E-state index is 13.0. The van der Waals surface area contributed by atoms with Crippen molar-refractivity contribution in [2.24, 2.45) is 5.73 Å². The highest BCUT2D eigenvalue weighted by Gasteiger charge is 2.22. The third-order valence-electron chi connectivity index (χ3n) is 3.35. The van der Waals surface area contributed by atoms with Gasteiger partial charge in [-0.05, 0) is 43.5 Å². The Morgan fingerprint density at radius 2 is 1.89 bits per heavy atom. The van der Waals surface area contributed by atoms with Crippen molar-refractivity contribution in [1.82, 2.24) is 4.90 Å². The van der Waals surface area contributed by atoms with Crippen molar-refractivity contribution in [2.75, 3.05) is 19.6 Å². The fraction of sp³-hybridized carbons (Fsp3) is 0.500. The molecular weight excluding hydrogens is 231 g/mol. The Balaban J connectivity index is 2.00. The quantitative estimate of drug-likeness (QED) is 0.888. The Kier molecular flexibility index (Phi) is 4.31. The minimum atomic E-state index is -0.749. The molecule has 0 spiro atoms. The number of likely N-dealkylation sites (tertiary alicyclic amines) is 1. The normalized spacial score (nSPS) is 16.9. The number of benzene rings is 1. The highest BCUT2D eigenvalue weighted by Crippen LogP contribution is 2.16. The minimum absolute atomic E-state index is 0.00111. The number of hydrogen-bond donors (Lipinski definition) is 1. The summed E-state index contributed by atoms with van der Waals surface area (Å²) in [6.07, 6.45) is 0.983. The average molecular weight is 250 g/mol. The minimum Gasteiger partial charge on any atom is -0.338 e. The molecule has 4 heteroatoms. The van der Waals surface area contributed by atoms with Crippen LogP contribution in [0.1, 0.15) is 28.8 Å². The predicted octanol–water partition coefficient (Wildman–Crippen LogP) is 1.76. The van der Waals surface area contributed by atoms with Gasteiger partial charge in [-0.1, -0.05) is 12.1 Å². The van der Waals surface area contributed by atoms with E-state index in [1.54, 1.807) is 4.90 Å². The van der Waals surface area contributed by atoms with Gasteiger partial charge in [0.2, 0.25) is 0 Å². The van der Waals surface area contributed by atoms with E-state index in [1.165, 1.54) is 0 Å². The van der Waals surface area contributed by atoms with Crippen LogP contribution in [0.5, 0.6) is 0 Å². The molecule has 0 aromatic heterocycles. The van der Waals surface area contributed by atoms with Gasteiger partial charge >= 0.3 is 0 Å². The highest BCUT2D eigenvalue weighted by atomic mass is 19.1. The number of hydrogen-bond acceptors (Lipinski definition) is 2. The molecule has 0 unspecified atom stereocenters. The molecular formula is C14H19FN2O. The zero-order chi connectivity index (χ0) is 13.0. The lowest BCUT2D eigenvalue weighted by Crippen LogP contribution is -2.39. The van der Waals surface area contributed by atoms with Crippen LogP contribution >= 0.6 is 0 Å². The molecule has 2 N–H and O–H groups in total. The summed E-state index contributed by atoms with van der Waals surface area (Å²) in [7, 11) is 0. The van der Waals surface area contributed by atoms with Gasteiger partial charge in [0.05, 0.1) is 0 Å². The van der Waals surface area contributed by atoms with Crippen LogP contribution in [0.2, 0.25) is 0 Å². The second-order valence-corrected chi connectivity index (χ2v) is 4.70. The van der Waals surface area contributed by atoms with Gasteiger partial charge in [-0.2, -0.15) is 0 Å². The van der Waals surface area contributed by atoms with Crippen molar-refractivity contribution in [3.8, 4) is 0 Å². The summed E-state index contributed by atoms with van der Waals surface area (Å²) in [6, 6.07) is 7.52. The number of rotatable bonds is 3. The topological polar surface area (TPSA) is 46.3 Å². The SMILES string of the molecule is NCCc1ccc(C(=O)N2CCC(F)CC2)cc1. The molecule has 1 heterocycles. The van der Waals surface area contributed by atoms with Crippen LogP contribution in [-0.4, -0.2) is 36.6 Å². The van der Waals surface area contributed by atoms with E-state index in [0.29, 0.717) is 38.0 Å². The molecule has 0 radical (unpaired) electrons. The van der Waals surface area contributed by atoms with Crippen LogP contribution in [0, 0.1) is 0 Å². The molecule has 1 aliphatic heterocycles. The maximum absolute atomic E-state index is 13.0. The van der Waals surface area contributed by atoms with Crippen molar-refractivity contribution < 1.29 is 9.18 Å². The molecule has 1 aromatic rings. The van der Waals surface area contributed by atoms with Crippen molar-refractivity contribution >= 4 is 5.91 Å². The third kappa shape index (κ3) is 3.07. The average Bonchev–Trinajstić information content (AvgIpc) is 2.40. The summed E-state index contributed by atoms with van der Waals surface area (Å²) in [5.41, 5.74) is 7.29.